The molecule has 0 aromatic heterocycles. The van der Waals surface area contributed by atoms with Crippen LogP contribution in [0.15, 0.2) is 53.2 Å². The summed E-state index contributed by atoms with van der Waals surface area (Å²) < 4.78 is 16.1. The van der Waals surface area contributed by atoms with E-state index in [-0.39, 0.29) is 12.5 Å². The summed E-state index contributed by atoms with van der Waals surface area (Å²) in [4.78, 5) is 16.7. The lowest BCUT2D eigenvalue weighted by Crippen LogP contribution is -2.13. The zero-order valence-corrected chi connectivity index (χ0v) is 17.1. The number of hydrogen-bond acceptors (Lipinski definition) is 5. The van der Waals surface area contributed by atoms with E-state index >= 15 is 0 Å². The molecular formula is C25H25NO4. The number of carbonyl (C=O) groups is 1. The van der Waals surface area contributed by atoms with Gasteiger partial charge in [0.05, 0.1) is 0 Å². The molecule has 0 amide bonds. The standard InChI is InChI=1S/C25H25NO4/c1-2-16-3-6-18(7-4-16)19-8-10-20(11-9-19)24-26-21(25(27)30-24)13-17-5-12-22-23(14-17)29-15-28-22/h5,8-14,16,18H,2-4,6-7,15H2,1H3/b21-13+. The van der Waals surface area contributed by atoms with Crippen molar-refractivity contribution in [3.63, 3.8) is 0 Å². The third kappa shape index (κ3) is 3.72. The highest BCUT2D eigenvalue weighted by atomic mass is 16.7. The first-order chi connectivity index (χ1) is 14.7. The lowest BCUT2D eigenvalue weighted by molar-refractivity contribution is -0.129. The molecule has 2 aromatic rings. The van der Waals surface area contributed by atoms with Crippen LogP contribution in [-0.2, 0) is 9.53 Å². The van der Waals surface area contributed by atoms with E-state index in [2.05, 4.69) is 24.0 Å². The van der Waals surface area contributed by atoms with Crippen LogP contribution < -0.4 is 9.47 Å². The Labute approximate surface area is 176 Å². The van der Waals surface area contributed by atoms with Crippen molar-refractivity contribution in [3.8, 4) is 11.5 Å². The fourth-order valence-electron chi connectivity index (χ4n) is 4.50. The second-order valence-corrected chi connectivity index (χ2v) is 8.20. The van der Waals surface area contributed by atoms with Gasteiger partial charge in [0.2, 0.25) is 12.7 Å². The smallest absolute Gasteiger partial charge is 0.363 e. The molecule has 3 aliphatic rings. The maximum atomic E-state index is 12.3. The van der Waals surface area contributed by atoms with Crippen molar-refractivity contribution >= 4 is 17.9 Å². The lowest BCUT2D eigenvalue weighted by Gasteiger charge is -2.28. The highest BCUT2D eigenvalue weighted by Crippen LogP contribution is 2.37. The molecule has 0 atom stereocenters. The van der Waals surface area contributed by atoms with Crippen LogP contribution in [0.3, 0.4) is 0 Å². The number of ether oxygens (including phenoxy) is 3. The number of esters is 1. The van der Waals surface area contributed by atoms with Crippen molar-refractivity contribution in [1.29, 1.82) is 0 Å². The molecular weight excluding hydrogens is 378 g/mol. The minimum absolute atomic E-state index is 0.218. The molecule has 0 bridgehead atoms. The molecule has 154 valence electrons. The molecule has 2 aromatic carbocycles. The minimum Gasteiger partial charge on any atom is -0.454 e. The van der Waals surface area contributed by atoms with Crippen molar-refractivity contribution in [2.75, 3.05) is 6.79 Å². The van der Waals surface area contributed by atoms with Crippen molar-refractivity contribution in [3.05, 3.63) is 64.9 Å². The number of cyclic esters (lactones) is 1. The number of carbonyl (C=O) groups excluding carboxylic acids is 1. The van der Waals surface area contributed by atoms with Crippen LogP contribution >= 0.6 is 0 Å². The van der Waals surface area contributed by atoms with Crippen LogP contribution in [0.1, 0.15) is 61.6 Å². The Balaban J connectivity index is 1.32. The number of nitrogens with zero attached hydrogens (tertiary/aromatic N) is 1. The van der Waals surface area contributed by atoms with E-state index < -0.39 is 5.97 Å². The summed E-state index contributed by atoms with van der Waals surface area (Å²) in [6.45, 7) is 2.51. The van der Waals surface area contributed by atoms with Gasteiger partial charge in [0.25, 0.3) is 0 Å². The molecule has 2 aliphatic heterocycles. The first kappa shape index (κ1) is 18.9. The van der Waals surface area contributed by atoms with Gasteiger partial charge in [-0.25, -0.2) is 9.79 Å². The average molecular weight is 403 g/mol. The maximum Gasteiger partial charge on any atom is 0.363 e. The van der Waals surface area contributed by atoms with Crippen molar-refractivity contribution in [2.45, 2.75) is 44.9 Å². The predicted molar refractivity (Wildman–Crippen MR) is 115 cm³/mol. The van der Waals surface area contributed by atoms with Gasteiger partial charge < -0.3 is 14.2 Å². The van der Waals surface area contributed by atoms with Gasteiger partial charge in [-0.3, -0.25) is 0 Å². The summed E-state index contributed by atoms with van der Waals surface area (Å²) in [5.74, 6) is 2.82. The summed E-state index contributed by atoms with van der Waals surface area (Å²) in [7, 11) is 0. The highest BCUT2D eigenvalue weighted by Gasteiger charge is 2.25. The summed E-state index contributed by atoms with van der Waals surface area (Å²) in [5.41, 5.74) is 3.29. The fourth-order valence-corrected chi connectivity index (χ4v) is 4.50. The van der Waals surface area contributed by atoms with E-state index in [0.29, 0.717) is 23.3 Å². The Hall–Kier alpha value is -3.08. The molecule has 5 rings (SSSR count). The quantitative estimate of drug-likeness (QED) is 0.504. The molecule has 0 radical (unpaired) electrons. The molecule has 0 N–H and O–H groups in total. The summed E-state index contributed by atoms with van der Waals surface area (Å²) in [5, 5.41) is 0. The zero-order valence-electron chi connectivity index (χ0n) is 17.1. The molecule has 5 nitrogen and oxygen atoms in total. The van der Waals surface area contributed by atoms with Crippen LogP contribution in [0.4, 0.5) is 0 Å². The summed E-state index contributed by atoms with van der Waals surface area (Å²) >= 11 is 0. The lowest BCUT2D eigenvalue weighted by atomic mass is 9.78. The van der Waals surface area contributed by atoms with Crippen molar-refractivity contribution in [2.24, 2.45) is 10.9 Å². The Morgan fingerprint density at radius 2 is 1.77 bits per heavy atom. The molecule has 0 saturated heterocycles. The van der Waals surface area contributed by atoms with Gasteiger partial charge in [-0.2, -0.15) is 0 Å². The highest BCUT2D eigenvalue weighted by molar-refractivity contribution is 6.12. The van der Waals surface area contributed by atoms with Crippen LogP contribution in [0, 0.1) is 5.92 Å². The second-order valence-electron chi connectivity index (χ2n) is 8.20. The normalized spacial score (nSPS) is 24.1. The van der Waals surface area contributed by atoms with Gasteiger partial charge in [-0.1, -0.05) is 31.5 Å². The van der Waals surface area contributed by atoms with E-state index in [1.165, 1.54) is 37.7 Å². The zero-order chi connectivity index (χ0) is 20.5. The molecule has 1 saturated carbocycles. The van der Waals surface area contributed by atoms with Crippen molar-refractivity contribution < 1.29 is 19.0 Å². The van der Waals surface area contributed by atoms with Gasteiger partial charge in [-0.05, 0) is 79.0 Å². The molecule has 5 heteroatoms. The van der Waals surface area contributed by atoms with Gasteiger partial charge >= 0.3 is 5.97 Å². The summed E-state index contributed by atoms with van der Waals surface area (Å²) in [6, 6.07) is 13.9. The topological polar surface area (TPSA) is 57.1 Å². The monoisotopic (exact) mass is 403 g/mol. The Kier molecular flexibility index (Phi) is 5.03. The van der Waals surface area contributed by atoms with E-state index in [9.17, 15) is 4.79 Å². The number of aliphatic imine (C=N–C) groups is 1. The molecule has 2 heterocycles. The van der Waals surface area contributed by atoms with Crippen LogP contribution in [0.2, 0.25) is 0 Å². The molecule has 30 heavy (non-hydrogen) atoms. The van der Waals surface area contributed by atoms with Gasteiger partial charge in [0.1, 0.15) is 0 Å². The fraction of sp³-hybridized carbons (Fsp3) is 0.360. The van der Waals surface area contributed by atoms with E-state index in [1.807, 2.05) is 30.3 Å². The van der Waals surface area contributed by atoms with E-state index in [0.717, 1.165) is 17.0 Å². The van der Waals surface area contributed by atoms with Gasteiger partial charge in [0.15, 0.2) is 17.2 Å². The molecule has 0 unspecified atom stereocenters. The van der Waals surface area contributed by atoms with Gasteiger partial charge in [0, 0.05) is 5.56 Å². The van der Waals surface area contributed by atoms with Crippen LogP contribution in [0.25, 0.3) is 6.08 Å². The third-order valence-electron chi connectivity index (χ3n) is 6.37. The first-order valence-corrected chi connectivity index (χ1v) is 10.7. The number of benzene rings is 2. The van der Waals surface area contributed by atoms with E-state index in [4.69, 9.17) is 14.2 Å². The largest absolute Gasteiger partial charge is 0.454 e. The Morgan fingerprint density at radius 3 is 2.53 bits per heavy atom. The molecule has 0 spiro atoms. The number of rotatable bonds is 4. The van der Waals surface area contributed by atoms with Crippen LogP contribution in [-0.4, -0.2) is 18.7 Å². The SMILES string of the molecule is CCC1CCC(c2ccc(C3=N/C(=C/c4ccc5c(c4)OCO5)C(=O)O3)cc2)CC1. The Bertz CT molecular complexity index is 1010. The molecule has 1 fully saturated rings. The average Bonchev–Trinajstić information content (AvgIpc) is 3.40. The van der Waals surface area contributed by atoms with Crippen LogP contribution in [0.5, 0.6) is 11.5 Å². The number of hydrogen-bond donors (Lipinski definition) is 0. The Morgan fingerprint density at radius 1 is 1.00 bits per heavy atom. The third-order valence-corrected chi connectivity index (χ3v) is 6.37. The van der Waals surface area contributed by atoms with E-state index in [1.54, 1.807) is 6.08 Å². The molecule has 1 aliphatic carbocycles. The second kappa shape index (κ2) is 7.98. The maximum absolute atomic E-state index is 12.3. The number of fused-ring (bicyclic) bond motifs is 1. The first-order valence-electron chi connectivity index (χ1n) is 10.7. The van der Waals surface area contributed by atoms with Gasteiger partial charge in [-0.15, -0.1) is 0 Å². The van der Waals surface area contributed by atoms with Crippen molar-refractivity contribution in [1.82, 2.24) is 0 Å². The minimum atomic E-state index is -0.440. The predicted octanol–water partition coefficient (Wildman–Crippen LogP) is 5.44. The summed E-state index contributed by atoms with van der Waals surface area (Å²) in [6.07, 6.45) is 8.16.